The smallest absolute Gasteiger partial charge is 0.160 e. The second kappa shape index (κ2) is 6.64. The molecule has 3 nitrogen and oxygen atoms in total. The molecule has 0 fully saturated rings. The van der Waals surface area contributed by atoms with E-state index >= 15 is 0 Å². The van der Waals surface area contributed by atoms with Crippen LogP contribution in [0.15, 0.2) is 42.5 Å². The number of rotatable bonds is 5. The molecule has 2 N–H and O–H groups in total. The summed E-state index contributed by atoms with van der Waals surface area (Å²) in [4.78, 5) is 0. The van der Waals surface area contributed by atoms with Crippen LogP contribution in [0.25, 0.3) is 0 Å². The van der Waals surface area contributed by atoms with E-state index in [4.69, 9.17) is 16.3 Å². The van der Waals surface area contributed by atoms with E-state index in [0.717, 1.165) is 22.7 Å². The molecule has 0 aromatic heterocycles. The number of nitrogens with one attached hydrogen (secondary N) is 1. The van der Waals surface area contributed by atoms with Gasteiger partial charge < -0.3 is 15.2 Å². The van der Waals surface area contributed by atoms with Crippen molar-refractivity contribution in [3.63, 3.8) is 0 Å². The molecule has 0 amide bonds. The van der Waals surface area contributed by atoms with Crippen molar-refractivity contribution in [1.82, 2.24) is 5.32 Å². The Hall–Kier alpha value is -1.71. The Bertz CT molecular complexity index is 586. The van der Waals surface area contributed by atoms with E-state index in [9.17, 15) is 5.11 Å². The topological polar surface area (TPSA) is 41.5 Å². The number of hydrogen-bond donors (Lipinski definition) is 2. The van der Waals surface area contributed by atoms with Gasteiger partial charge in [-0.2, -0.15) is 0 Å². The minimum absolute atomic E-state index is 0.142. The van der Waals surface area contributed by atoms with Gasteiger partial charge in [0.15, 0.2) is 11.5 Å². The van der Waals surface area contributed by atoms with Crippen LogP contribution in [-0.4, -0.2) is 12.2 Å². The molecule has 106 valence electrons. The standard InChI is InChI=1S/C16H18ClNO2/c1-11(13-6-7-15(19)16(9-13)20-2)18-10-12-4-3-5-14(17)8-12/h3-9,11,18-19H,10H2,1-2H3. The van der Waals surface area contributed by atoms with Crippen molar-refractivity contribution in [3.05, 3.63) is 58.6 Å². The Morgan fingerprint density at radius 1 is 1.25 bits per heavy atom. The molecule has 0 aliphatic carbocycles. The summed E-state index contributed by atoms with van der Waals surface area (Å²) in [5.41, 5.74) is 2.19. The highest BCUT2D eigenvalue weighted by molar-refractivity contribution is 6.30. The molecular formula is C16H18ClNO2. The summed E-state index contributed by atoms with van der Waals surface area (Å²) in [6, 6.07) is 13.3. The number of phenols is 1. The van der Waals surface area contributed by atoms with Crippen LogP contribution in [0, 0.1) is 0 Å². The molecule has 0 aliphatic rings. The normalized spacial score (nSPS) is 12.2. The van der Waals surface area contributed by atoms with E-state index in [-0.39, 0.29) is 11.8 Å². The van der Waals surface area contributed by atoms with Crippen molar-refractivity contribution >= 4 is 11.6 Å². The first kappa shape index (κ1) is 14.7. The van der Waals surface area contributed by atoms with Gasteiger partial charge in [0.1, 0.15) is 0 Å². The highest BCUT2D eigenvalue weighted by Crippen LogP contribution is 2.28. The lowest BCUT2D eigenvalue weighted by molar-refractivity contribution is 0.372. The number of methoxy groups -OCH3 is 1. The van der Waals surface area contributed by atoms with Crippen LogP contribution < -0.4 is 10.1 Å². The molecule has 0 heterocycles. The second-order valence-electron chi connectivity index (χ2n) is 4.66. The zero-order valence-corrected chi connectivity index (χ0v) is 12.3. The molecule has 2 aromatic carbocycles. The Kier molecular flexibility index (Phi) is 4.88. The highest BCUT2D eigenvalue weighted by atomic mass is 35.5. The van der Waals surface area contributed by atoms with Crippen LogP contribution in [0.1, 0.15) is 24.1 Å². The maximum Gasteiger partial charge on any atom is 0.160 e. The Balaban J connectivity index is 2.03. The summed E-state index contributed by atoms with van der Waals surface area (Å²) in [7, 11) is 1.54. The van der Waals surface area contributed by atoms with Gasteiger partial charge in [-0.05, 0) is 42.3 Å². The minimum Gasteiger partial charge on any atom is -0.504 e. The third kappa shape index (κ3) is 3.65. The maximum absolute atomic E-state index is 9.60. The van der Waals surface area contributed by atoms with Gasteiger partial charge in [0, 0.05) is 17.6 Å². The Labute approximate surface area is 124 Å². The average Bonchev–Trinajstić information content (AvgIpc) is 2.45. The number of aromatic hydroxyl groups is 1. The monoisotopic (exact) mass is 291 g/mol. The van der Waals surface area contributed by atoms with Crippen molar-refractivity contribution in [2.75, 3.05) is 7.11 Å². The molecule has 0 saturated carbocycles. The molecular weight excluding hydrogens is 274 g/mol. The fourth-order valence-electron chi connectivity index (χ4n) is 2.00. The first-order valence-electron chi connectivity index (χ1n) is 6.45. The molecule has 0 bridgehead atoms. The average molecular weight is 292 g/mol. The van der Waals surface area contributed by atoms with Crippen LogP contribution in [0.3, 0.4) is 0 Å². The molecule has 0 saturated heterocycles. The number of benzene rings is 2. The van der Waals surface area contributed by atoms with Crippen molar-refractivity contribution in [2.45, 2.75) is 19.5 Å². The molecule has 4 heteroatoms. The molecule has 0 radical (unpaired) electrons. The lowest BCUT2D eigenvalue weighted by atomic mass is 10.1. The van der Waals surface area contributed by atoms with Crippen LogP contribution in [0.5, 0.6) is 11.5 Å². The predicted octanol–water partition coefficient (Wildman–Crippen LogP) is 3.91. The van der Waals surface area contributed by atoms with Gasteiger partial charge in [-0.3, -0.25) is 0 Å². The highest BCUT2D eigenvalue weighted by Gasteiger charge is 2.09. The molecule has 2 aromatic rings. The van der Waals surface area contributed by atoms with Gasteiger partial charge in [-0.15, -0.1) is 0 Å². The molecule has 0 aliphatic heterocycles. The lowest BCUT2D eigenvalue weighted by Gasteiger charge is -2.16. The largest absolute Gasteiger partial charge is 0.504 e. The van der Waals surface area contributed by atoms with Gasteiger partial charge in [0.2, 0.25) is 0 Å². The first-order valence-corrected chi connectivity index (χ1v) is 6.82. The number of ether oxygens (including phenoxy) is 1. The fourth-order valence-corrected chi connectivity index (χ4v) is 2.21. The van der Waals surface area contributed by atoms with E-state index in [1.165, 1.54) is 0 Å². The number of halogens is 1. The van der Waals surface area contributed by atoms with E-state index < -0.39 is 0 Å². The van der Waals surface area contributed by atoms with Crippen LogP contribution >= 0.6 is 11.6 Å². The number of hydrogen-bond acceptors (Lipinski definition) is 3. The predicted molar refractivity (Wildman–Crippen MR) is 81.4 cm³/mol. The zero-order chi connectivity index (χ0) is 14.5. The lowest BCUT2D eigenvalue weighted by Crippen LogP contribution is -2.18. The summed E-state index contributed by atoms with van der Waals surface area (Å²) in [5.74, 6) is 0.636. The van der Waals surface area contributed by atoms with Crippen molar-refractivity contribution in [1.29, 1.82) is 0 Å². The number of phenolic OH excluding ortho intramolecular Hbond substituents is 1. The third-order valence-corrected chi connectivity index (χ3v) is 3.44. The summed E-state index contributed by atoms with van der Waals surface area (Å²) < 4.78 is 5.12. The Morgan fingerprint density at radius 3 is 2.75 bits per heavy atom. The summed E-state index contributed by atoms with van der Waals surface area (Å²) in [6.07, 6.45) is 0. The third-order valence-electron chi connectivity index (χ3n) is 3.21. The van der Waals surface area contributed by atoms with Crippen LogP contribution in [-0.2, 0) is 6.54 Å². The minimum atomic E-state index is 0.142. The SMILES string of the molecule is COc1cc(C(C)NCc2cccc(Cl)c2)ccc1O. The van der Waals surface area contributed by atoms with Gasteiger partial charge in [-0.1, -0.05) is 29.8 Å². The fraction of sp³-hybridized carbons (Fsp3) is 0.250. The van der Waals surface area contributed by atoms with Crippen LogP contribution in [0.2, 0.25) is 5.02 Å². The zero-order valence-electron chi connectivity index (χ0n) is 11.6. The van der Waals surface area contributed by atoms with Gasteiger partial charge in [-0.25, -0.2) is 0 Å². The van der Waals surface area contributed by atoms with Crippen molar-refractivity contribution in [3.8, 4) is 11.5 Å². The van der Waals surface area contributed by atoms with Gasteiger partial charge in [0.05, 0.1) is 7.11 Å². The van der Waals surface area contributed by atoms with Crippen molar-refractivity contribution in [2.24, 2.45) is 0 Å². The summed E-state index contributed by atoms with van der Waals surface area (Å²) in [5, 5.41) is 13.8. The van der Waals surface area contributed by atoms with Crippen molar-refractivity contribution < 1.29 is 9.84 Å². The second-order valence-corrected chi connectivity index (χ2v) is 5.10. The summed E-state index contributed by atoms with van der Waals surface area (Å²) in [6.45, 7) is 2.79. The van der Waals surface area contributed by atoms with E-state index in [1.54, 1.807) is 13.2 Å². The first-order chi connectivity index (χ1) is 9.60. The van der Waals surface area contributed by atoms with Crippen LogP contribution in [0.4, 0.5) is 0 Å². The van der Waals surface area contributed by atoms with E-state index in [2.05, 4.69) is 12.2 Å². The van der Waals surface area contributed by atoms with E-state index in [0.29, 0.717) is 5.75 Å². The molecule has 2 rings (SSSR count). The van der Waals surface area contributed by atoms with Gasteiger partial charge in [0.25, 0.3) is 0 Å². The molecule has 1 atom stereocenters. The van der Waals surface area contributed by atoms with E-state index in [1.807, 2.05) is 36.4 Å². The van der Waals surface area contributed by atoms with Gasteiger partial charge >= 0.3 is 0 Å². The molecule has 1 unspecified atom stereocenters. The summed E-state index contributed by atoms with van der Waals surface area (Å²) >= 11 is 5.96. The molecule has 20 heavy (non-hydrogen) atoms. The Morgan fingerprint density at radius 2 is 2.05 bits per heavy atom. The maximum atomic E-state index is 9.60. The quantitative estimate of drug-likeness (QED) is 0.878. The molecule has 0 spiro atoms.